The Morgan fingerprint density at radius 3 is 3.11 bits per heavy atom. The van der Waals surface area contributed by atoms with Gasteiger partial charge in [0.1, 0.15) is 0 Å². The summed E-state index contributed by atoms with van der Waals surface area (Å²) in [7, 11) is 0. The summed E-state index contributed by atoms with van der Waals surface area (Å²) in [5.74, 6) is -0.779. The Morgan fingerprint density at radius 1 is 1.42 bits per heavy atom. The first-order valence-corrected chi connectivity index (χ1v) is 6.89. The summed E-state index contributed by atoms with van der Waals surface area (Å²) in [5.41, 5.74) is 2.85. The highest BCUT2D eigenvalue weighted by Crippen LogP contribution is 2.36. The first kappa shape index (κ1) is 12.6. The summed E-state index contributed by atoms with van der Waals surface area (Å²) < 4.78 is 5.54. The topological polar surface area (TPSA) is 49.8 Å². The number of aliphatic carboxylic acids is 1. The first-order chi connectivity index (χ1) is 9.24. The van der Waals surface area contributed by atoms with Crippen molar-refractivity contribution in [3.63, 3.8) is 0 Å². The van der Waals surface area contributed by atoms with E-state index in [1.54, 1.807) is 0 Å². The lowest BCUT2D eigenvalue weighted by atomic mass is 10.1. The van der Waals surface area contributed by atoms with Gasteiger partial charge in [-0.1, -0.05) is 24.3 Å². The molecule has 4 nitrogen and oxygen atoms in total. The molecule has 1 aromatic rings. The van der Waals surface area contributed by atoms with E-state index < -0.39 is 5.97 Å². The molecule has 0 spiro atoms. The van der Waals surface area contributed by atoms with Crippen molar-refractivity contribution in [3.05, 3.63) is 35.4 Å². The quantitative estimate of drug-likeness (QED) is 0.902. The molecule has 4 heteroatoms. The lowest BCUT2D eigenvalue weighted by molar-refractivity contribution is -0.142. The molecule has 1 N–H and O–H groups in total. The highest BCUT2D eigenvalue weighted by Gasteiger charge is 2.32. The van der Waals surface area contributed by atoms with Gasteiger partial charge in [0.15, 0.2) is 0 Å². The number of benzene rings is 1. The molecule has 2 aliphatic rings. The molecule has 0 aromatic heterocycles. The molecule has 0 amide bonds. The van der Waals surface area contributed by atoms with Crippen molar-refractivity contribution in [2.75, 3.05) is 19.7 Å². The Bertz CT molecular complexity index is 474. The van der Waals surface area contributed by atoms with Gasteiger partial charge >= 0.3 is 5.97 Å². The number of aryl methyl sites for hydroxylation is 1. The molecule has 1 aliphatic carbocycles. The molecular weight excluding hydrogens is 242 g/mol. The highest BCUT2D eigenvalue weighted by atomic mass is 16.5. The SMILES string of the molecule is O=C(O)CC1CN(C2CCc3ccccc32)CCO1. The Morgan fingerprint density at radius 2 is 2.26 bits per heavy atom. The first-order valence-electron chi connectivity index (χ1n) is 6.89. The van der Waals surface area contributed by atoms with Gasteiger partial charge in [0.2, 0.25) is 0 Å². The van der Waals surface area contributed by atoms with Crippen LogP contribution >= 0.6 is 0 Å². The molecular formula is C15H19NO3. The van der Waals surface area contributed by atoms with Crippen molar-refractivity contribution in [1.29, 1.82) is 0 Å². The Hall–Kier alpha value is -1.39. The van der Waals surface area contributed by atoms with E-state index in [0.29, 0.717) is 12.6 Å². The van der Waals surface area contributed by atoms with Crippen molar-refractivity contribution >= 4 is 5.97 Å². The van der Waals surface area contributed by atoms with Gasteiger partial charge in [0.25, 0.3) is 0 Å². The van der Waals surface area contributed by atoms with E-state index in [-0.39, 0.29) is 12.5 Å². The number of rotatable bonds is 3. The monoisotopic (exact) mass is 261 g/mol. The molecule has 1 fully saturated rings. The van der Waals surface area contributed by atoms with E-state index >= 15 is 0 Å². The van der Waals surface area contributed by atoms with Crippen LogP contribution in [-0.4, -0.2) is 41.8 Å². The number of carbonyl (C=O) groups is 1. The van der Waals surface area contributed by atoms with Crippen molar-refractivity contribution in [2.45, 2.75) is 31.4 Å². The third-order valence-electron chi connectivity index (χ3n) is 4.11. The largest absolute Gasteiger partial charge is 0.481 e. The summed E-state index contributed by atoms with van der Waals surface area (Å²) >= 11 is 0. The summed E-state index contributed by atoms with van der Waals surface area (Å²) in [6.07, 6.45) is 2.20. The number of carboxylic acid groups (broad SMARTS) is 1. The van der Waals surface area contributed by atoms with Crippen LogP contribution in [0.5, 0.6) is 0 Å². The van der Waals surface area contributed by atoms with Crippen molar-refractivity contribution in [2.24, 2.45) is 0 Å². The molecule has 19 heavy (non-hydrogen) atoms. The standard InChI is InChI=1S/C15H19NO3/c17-15(18)9-12-10-16(7-8-19-12)14-6-5-11-3-1-2-4-13(11)14/h1-4,12,14H,5-10H2,(H,17,18). The fourth-order valence-electron chi connectivity index (χ4n) is 3.26. The van der Waals surface area contributed by atoms with Crippen LogP contribution in [0, 0.1) is 0 Å². The molecule has 0 bridgehead atoms. The third kappa shape index (κ3) is 2.65. The van der Waals surface area contributed by atoms with Gasteiger partial charge in [0, 0.05) is 19.1 Å². The second-order valence-corrected chi connectivity index (χ2v) is 5.34. The lowest BCUT2D eigenvalue weighted by Crippen LogP contribution is -2.44. The predicted octanol–water partition coefficient (Wildman–Crippen LogP) is 1.85. The molecule has 2 unspecified atom stereocenters. The minimum absolute atomic E-state index is 0.102. The average Bonchev–Trinajstić information content (AvgIpc) is 2.82. The lowest BCUT2D eigenvalue weighted by Gasteiger charge is -2.36. The molecule has 1 heterocycles. The van der Waals surface area contributed by atoms with Crippen molar-refractivity contribution in [1.82, 2.24) is 4.90 Å². The third-order valence-corrected chi connectivity index (χ3v) is 4.11. The summed E-state index contributed by atoms with van der Waals surface area (Å²) in [6, 6.07) is 9.02. The van der Waals surface area contributed by atoms with Crippen LogP contribution in [-0.2, 0) is 16.0 Å². The number of morpholine rings is 1. The van der Waals surface area contributed by atoms with Crippen LogP contribution in [0.3, 0.4) is 0 Å². The maximum atomic E-state index is 10.8. The van der Waals surface area contributed by atoms with Crippen molar-refractivity contribution < 1.29 is 14.6 Å². The van der Waals surface area contributed by atoms with Gasteiger partial charge in [-0.25, -0.2) is 0 Å². The fraction of sp³-hybridized carbons (Fsp3) is 0.533. The van der Waals surface area contributed by atoms with E-state index in [2.05, 4.69) is 29.2 Å². The fourth-order valence-corrected chi connectivity index (χ4v) is 3.26. The van der Waals surface area contributed by atoms with Crippen LogP contribution in [0.4, 0.5) is 0 Å². The number of carboxylic acids is 1. The molecule has 3 rings (SSSR count). The van der Waals surface area contributed by atoms with Gasteiger partial charge in [-0.15, -0.1) is 0 Å². The Labute approximate surface area is 113 Å². The van der Waals surface area contributed by atoms with E-state index in [0.717, 1.165) is 25.9 Å². The molecule has 102 valence electrons. The predicted molar refractivity (Wildman–Crippen MR) is 71.1 cm³/mol. The number of nitrogens with zero attached hydrogens (tertiary/aromatic N) is 1. The van der Waals surface area contributed by atoms with E-state index in [1.807, 2.05) is 0 Å². The second kappa shape index (κ2) is 5.31. The van der Waals surface area contributed by atoms with Crippen LogP contribution in [0.1, 0.15) is 30.0 Å². The normalized spacial score (nSPS) is 27.2. The van der Waals surface area contributed by atoms with Crippen LogP contribution < -0.4 is 0 Å². The average molecular weight is 261 g/mol. The zero-order valence-electron chi connectivity index (χ0n) is 10.9. The van der Waals surface area contributed by atoms with Gasteiger partial charge in [-0.3, -0.25) is 9.69 Å². The van der Waals surface area contributed by atoms with Crippen LogP contribution in [0.25, 0.3) is 0 Å². The smallest absolute Gasteiger partial charge is 0.306 e. The maximum absolute atomic E-state index is 10.8. The van der Waals surface area contributed by atoms with Crippen LogP contribution in [0.2, 0.25) is 0 Å². The van der Waals surface area contributed by atoms with Gasteiger partial charge in [-0.2, -0.15) is 0 Å². The van der Waals surface area contributed by atoms with E-state index in [4.69, 9.17) is 9.84 Å². The maximum Gasteiger partial charge on any atom is 0.306 e. The summed E-state index contributed by atoms with van der Waals surface area (Å²) in [6.45, 7) is 2.26. The molecule has 1 saturated heterocycles. The number of fused-ring (bicyclic) bond motifs is 1. The summed E-state index contributed by atoms with van der Waals surface area (Å²) in [4.78, 5) is 13.2. The summed E-state index contributed by atoms with van der Waals surface area (Å²) in [5, 5.41) is 8.88. The highest BCUT2D eigenvalue weighted by molar-refractivity contribution is 5.67. The van der Waals surface area contributed by atoms with Gasteiger partial charge < -0.3 is 9.84 Å². The minimum atomic E-state index is -0.779. The molecule has 0 radical (unpaired) electrons. The number of hydrogen-bond acceptors (Lipinski definition) is 3. The molecule has 2 atom stereocenters. The number of ether oxygens (including phenoxy) is 1. The Balaban J connectivity index is 1.71. The molecule has 1 aliphatic heterocycles. The zero-order valence-corrected chi connectivity index (χ0v) is 10.9. The number of hydrogen-bond donors (Lipinski definition) is 1. The van der Waals surface area contributed by atoms with Crippen molar-refractivity contribution in [3.8, 4) is 0 Å². The molecule has 0 saturated carbocycles. The second-order valence-electron chi connectivity index (χ2n) is 5.34. The molecule has 1 aromatic carbocycles. The van der Waals surface area contributed by atoms with Crippen LogP contribution in [0.15, 0.2) is 24.3 Å². The van der Waals surface area contributed by atoms with E-state index in [1.165, 1.54) is 11.1 Å². The minimum Gasteiger partial charge on any atom is -0.481 e. The Kier molecular flexibility index (Phi) is 3.53. The van der Waals surface area contributed by atoms with Gasteiger partial charge in [0.05, 0.1) is 19.1 Å². The van der Waals surface area contributed by atoms with E-state index in [9.17, 15) is 4.79 Å². The van der Waals surface area contributed by atoms with Gasteiger partial charge in [-0.05, 0) is 24.0 Å². The zero-order chi connectivity index (χ0) is 13.2.